The molecule has 0 radical (unpaired) electrons. The van der Waals surface area contributed by atoms with E-state index in [2.05, 4.69) is 27.4 Å². The van der Waals surface area contributed by atoms with Gasteiger partial charge in [-0.1, -0.05) is 0 Å². The van der Waals surface area contributed by atoms with Crippen molar-refractivity contribution in [3.8, 4) is 35.8 Å². The van der Waals surface area contributed by atoms with E-state index in [1.165, 1.54) is 0 Å². The summed E-state index contributed by atoms with van der Waals surface area (Å²) in [5.41, 5.74) is 0. The maximum absolute atomic E-state index is 9.72. The van der Waals surface area contributed by atoms with Gasteiger partial charge in [0.25, 0.3) is 42.7 Å². The average molecular weight is 2610 g/mol. The van der Waals surface area contributed by atoms with Crippen molar-refractivity contribution >= 4 is 86.6 Å². The monoisotopic (exact) mass is 2600 g/mol. The maximum atomic E-state index is 9.72. The van der Waals surface area contributed by atoms with Crippen molar-refractivity contribution < 1.29 is 521 Å². The van der Waals surface area contributed by atoms with Gasteiger partial charge in [0.05, 0.1) is 0 Å². The van der Waals surface area contributed by atoms with E-state index >= 15 is 0 Å². The fourth-order valence-corrected chi connectivity index (χ4v) is 0.788. The molecular weight excluding hydrogens is 2610 g/mol. The number of rotatable bonds is 12. The van der Waals surface area contributed by atoms with Crippen molar-refractivity contribution in [2.24, 2.45) is 0 Å². The Labute approximate surface area is 661 Å². The van der Waals surface area contributed by atoms with Crippen LogP contribution in [0.25, 0.3) is 0 Å². The standard InChI is InChI=1S/6CB2NO4.18Ag/c6*4-1-2(5)8-3(6)7;;;;;;;;;;;;;;;;;;/q6*-3;18*+1. The first kappa shape index (κ1) is 158. The molecule has 0 unspecified atom stereocenters. The van der Waals surface area contributed by atoms with Gasteiger partial charge < -0.3 is 118 Å². The minimum Gasteiger partial charge on any atom is -0.872 e. The molecule has 0 aliphatic rings. The van der Waals surface area contributed by atoms with Crippen molar-refractivity contribution in [1.29, 1.82) is 31.6 Å². The molecule has 0 aromatic heterocycles. The first-order chi connectivity index (χ1) is 22.0. The third kappa shape index (κ3) is 186. The molecule has 0 aliphatic heterocycles. The molecule has 0 rings (SSSR count). The Morgan fingerprint density at radius 2 is 0.242 bits per heavy atom. The van der Waals surface area contributed by atoms with Crippen molar-refractivity contribution in [2.45, 2.75) is 0 Å². The summed E-state index contributed by atoms with van der Waals surface area (Å²) in [6.45, 7) is 0. The second-order valence-corrected chi connectivity index (χ2v) is 5.31. The fourth-order valence-electron chi connectivity index (χ4n) is 0.788. The minimum absolute atomic E-state index is 0. The normalized spacial score (nSPS) is 5.64. The van der Waals surface area contributed by atoms with Crippen molar-refractivity contribution in [2.75, 3.05) is 0 Å². The molecule has 0 saturated carbocycles. The van der Waals surface area contributed by atoms with Gasteiger partial charge in [0.2, 0.25) is 0 Å². The van der Waals surface area contributed by atoms with Crippen LogP contribution in [0.5, 0.6) is 0 Å². The first-order valence-corrected chi connectivity index (χ1v) is 10.1. The van der Waals surface area contributed by atoms with Gasteiger partial charge in [-0.05, 0) is 0 Å². The molecule has 0 aliphatic carbocycles. The first-order valence-electron chi connectivity index (χ1n) is 10.1. The summed E-state index contributed by atoms with van der Waals surface area (Å²) >= 11 is 0. The molecule has 0 heterocycles. The van der Waals surface area contributed by atoms with E-state index in [1.54, 1.807) is 0 Å². The fraction of sp³-hybridized carbons (Fsp3) is 0. The van der Waals surface area contributed by atoms with Crippen LogP contribution in [0.4, 0.5) is 0 Å². The second kappa shape index (κ2) is 122. The van der Waals surface area contributed by atoms with E-state index in [1.807, 2.05) is 0 Å². The summed E-state index contributed by atoms with van der Waals surface area (Å²) in [7, 11) is -28.8. The van der Waals surface area contributed by atoms with E-state index < -0.39 is 86.6 Å². The van der Waals surface area contributed by atoms with Crippen LogP contribution in [0.2, 0.25) is 0 Å². The smallest absolute Gasteiger partial charge is 0.872 e. The van der Waals surface area contributed by atoms with Crippen LogP contribution in [-0.4, -0.2) is 86.6 Å². The molecule has 0 fully saturated rings. The predicted molar refractivity (Wildman–Crippen MR) is 109 cm³/mol. The van der Waals surface area contributed by atoms with Crippen LogP contribution in [0.1, 0.15) is 0 Å². The van der Waals surface area contributed by atoms with E-state index in [0.717, 1.165) is 35.8 Å². The molecular formula is C6Ag18B12N6O24. The van der Waals surface area contributed by atoms with Gasteiger partial charge in [0.1, 0.15) is 0 Å². The number of hydrogen-bond donors (Lipinski definition) is 0. The molecule has 0 N–H and O–H groups in total. The van der Waals surface area contributed by atoms with Crippen LogP contribution in [0.15, 0.2) is 0 Å². The Kier molecular flexibility index (Phi) is 293. The van der Waals surface area contributed by atoms with Gasteiger partial charge in [-0.15, -0.1) is 0 Å². The molecule has 60 heteroatoms. The second-order valence-electron chi connectivity index (χ2n) is 5.31. The summed E-state index contributed by atoms with van der Waals surface area (Å²) in [6, 6.07) is 0. The number of nitriles is 6. The zero-order chi connectivity index (χ0) is 39.4. The third-order valence-electron chi connectivity index (χ3n) is 2.04. The third-order valence-corrected chi connectivity index (χ3v) is 2.04. The van der Waals surface area contributed by atoms with Gasteiger partial charge in [0, 0.05) is 79.7 Å². The molecule has 0 saturated heterocycles. The van der Waals surface area contributed by atoms with Crippen LogP contribution in [-0.2, 0) is 430 Å². The molecule has 0 bridgehead atoms. The Morgan fingerprint density at radius 3 is 0.258 bits per heavy atom. The Morgan fingerprint density at radius 1 is 0.182 bits per heavy atom. The predicted octanol–water partition coefficient (Wildman–Crippen LogP) is -26.3. The van der Waals surface area contributed by atoms with E-state index in [-0.39, 0.29) is 403 Å². The van der Waals surface area contributed by atoms with Crippen LogP contribution in [0, 0.1) is 67.4 Å². The van der Waals surface area contributed by atoms with Crippen LogP contribution < -0.4 is 90.4 Å². The largest absolute Gasteiger partial charge is 1.00 e. The Balaban J connectivity index is -0.0000000138. The quantitative estimate of drug-likeness (QED) is 0.164. The van der Waals surface area contributed by atoms with Crippen molar-refractivity contribution in [1.82, 2.24) is 0 Å². The summed E-state index contributed by atoms with van der Waals surface area (Å²) in [6.07, 6.45) is 0. The SMILES string of the molecule is N#CB([O-])OB([O-])[O-].N#CB([O-])OB([O-])[O-].N#CB([O-])OB([O-])[O-].N#CB([O-])OB([O-])[O-].N#CB([O-])OB([O-])[O-].N#CB([O-])OB([O-])[O-].[Ag+].[Ag+].[Ag+].[Ag+].[Ag+].[Ag+].[Ag+].[Ag+].[Ag+].[Ag+].[Ag+].[Ag+].[Ag+].[Ag+].[Ag+].[Ag+].[Ag+].[Ag+]. The number of nitrogens with zero attached hydrogens (tertiary/aromatic N) is 6. The Hall–Kier alpha value is 10.1. The van der Waals surface area contributed by atoms with Gasteiger partial charge in [0.15, 0.2) is 0 Å². The van der Waals surface area contributed by atoms with E-state index in [0.29, 0.717) is 0 Å². The molecule has 66 heavy (non-hydrogen) atoms. The van der Waals surface area contributed by atoms with E-state index in [9.17, 15) is 90.4 Å². The van der Waals surface area contributed by atoms with Crippen molar-refractivity contribution in [3.63, 3.8) is 0 Å². The van der Waals surface area contributed by atoms with Gasteiger partial charge in [-0.3, -0.25) is 0 Å². The molecule has 432 valence electrons. The molecule has 0 atom stereocenters. The molecule has 30 nitrogen and oxygen atoms in total. The van der Waals surface area contributed by atoms with Crippen LogP contribution >= 0.6 is 0 Å². The summed E-state index contributed by atoms with van der Waals surface area (Å²) in [5, 5.41) is 216. The van der Waals surface area contributed by atoms with Gasteiger partial charge in [-0.25, -0.2) is 31.6 Å². The topological polar surface area (TPSA) is 613 Å². The minimum atomic E-state index is -2.66. The average Bonchev–Trinajstić information content (AvgIpc) is 2.96. The molecule has 0 aromatic carbocycles. The maximum Gasteiger partial charge on any atom is 1.00 e. The summed E-state index contributed by atoms with van der Waals surface area (Å²) < 4.78 is 20.2. The zero-order valence-electron chi connectivity index (χ0n) is 27.8. The number of hydrogen-bond acceptors (Lipinski definition) is 30. The Bertz CT molecular complexity index is 850. The molecule has 0 aromatic rings. The van der Waals surface area contributed by atoms with Gasteiger partial charge >= 0.3 is 403 Å². The van der Waals surface area contributed by atoms with Crippen LogP contribution in [0.3, 0.4) is 0 Å². The van der Waals surface area contributed by atoms with Gasteiger partial charge in [-0.2, -0.15) is 0 Å². The zero-order valence-corrected chi connectivity index (χ0v) is 54.5. The molecule has 0 amide bonds. The summed E-state index contributed by atoms with van der Waals surface area (Å²) in [5.74, 6) is 6.11. The molecule has 0 spiro atoms. The van der Waals surface area contributed by atoms with Crippen molar-refractivity contribution in [3.05, 3.63) is 0 Å². The summed E-state index contributed by atoms with van der Waals surface area (Å²) in [4.78, 5) is 0. The van der Waals surface area contributed by atoms with E-state index in [4.69, 9.17) is 31.6 Å².